The van der Waals surface area contributed by atoms with Gasteiger partial charge in [0.25, 0.3) is 5.91 Å². The molecule has 3 N–H and O–H groups in total. The van der Waals surface area contributed by atoms with Crippen molar-refractivity contribution in [3.8, 4) is 5.75 Å². The van der Waals surface area contributed by atoms with Gasteiger partial charge in [-0.3, -0.25) is 4.79 Å². The number of carbonyl (C=O) groups is 1. The molecule has 7 nitrogen and oxygen atoms in total. The van der Waals surface area contributed by atoms with E-state index >= 15 is 0 Å². The van der Waals surface area contributed by atoms with Gasteiger partial charge in [-0.2, -0.15) is 0 Å². The number of carbonyl (C=O) groups excluding carboxylic acids is 1. The molecule has 3 aromatic rings. The Bertz CT molecular complexity index is 1060. The number of aliphatic imine (C=N–C) groups is 1. The zero-order chi connectivity index (χ0) is 23.3. The number of nitrogens with zero attached hydrogens (tertiary/aromatic N) is 1. The van der Waals surface area contributed by atoms with Crippen molar-refractivity contribution in [2.24, 2.45) is 4.99 Å². The fraction of sp³-hybridized carbons (Fsp3) is 0.231. The van der Waals surface area contributed by atoms with Gasteiger partial charge in [0.1, 0.15) is 18.1 Å². The highest BCUT2D eigenvalue weighted by molar-refractivity contribution is 5.94. The van der Waals surface area contributed by atoms with Crippen molar-refractivity contribution in [3.63, 3.8) is 0 Å². The molecule has 2 aromatic carbocycles. The van der Waals surface area contributed by atoms with Crippen LogP contribution in [0.5, 0.6) is 5.75 Å². The molecular formula is C26H30N4O3. The van der Waals surface area contributed by atoms with Gasteiger partial charge in [0, 0.05) is 24.2 Å². The van der Waals surface area contributed by atoms with E-state index < -0.39 is 0 Å². The number of amides is 1. The van der Waals surface area contributed by atoms with Gasteiger partial charge in [-0.15, -0.1) is 0 Å². The minimum absolute atomic E-state index is 0.154. The maximum absolute atomic E-state index is 12.5. The van der Waals surface area contributed by atoms with Crippen LogP contribution in [0.15, 0.2) is 89.0 Å². The number of rotatable bonds is 11. The zero-order valence-electron chi connectivity index (χ0n) is 18.8. The quantitative estimate of drug-likeness (QED) is 0.235. The van der Waals surface area contributed by atoms with Crippen molar-refractivity contribution in [2.45, 2.75) is 26.6 Å². The molecule has 1 heterocycles. The SMILES string of the molecule is C=CCOc1ccccc1CNC(=NCc1cccc(C(=O)NCc2ccco2)c1)NCC. The molecule has 0 unspecified atom stereocenters. The summed E-state index contributed by atoms with van der Waals surface area (Å²) in [7, 11) is 0. The Morgan fingerprint density at radius 2 is 1.94 bits per heavy atom. The standard InChI is InChI=1S/C26H30N4O3/c1-3-14-33-24-13-6-5-10-22(24)18-30-26(27-4-2)29-17-20-9-7-11-21(16-20)25(31)28-19-23-12-8-15-32-23/h3,5-13,15-16H,1,4,14,17-19H2,2H3,(H,28,31)(H2,27,29,30). The van der Waals surface area contributed by atoms with Crippen molar-refractivity contribution in [2.75, 3.05) is 13.2 Å². The summed E-state index contributed by atoms with van der Waals surface area (Å²) in [5.41, 5.74) is 2.55. The number of benzene rings is 2. The lowest BCUT2D eigenvalue weighted by atomic mass is 10.1. The van der Waals surface area contributed by atoms with Gasteiger partial charge in [0.15, 0.2) is 5.96 Å². The number of ether oxygens (including phenoxy) is 1. The van der Waals surface area contributed by atoms with Crippen molar-refractivity contribution in [1.82, 2.24) is 16.0 Å². The van der Waals surface area contributed by atoms with Crippen LogP contribution in [0.4, 0.5) is 0 Å². The van der Waals surface area contributed by atoms with E-state index in [1.54, 1.807) is 24.5 Å². The molecule has 0 radical (unpaired) electrons. The number of guanidine groups is 1. The van der Waals surface area contributed by atoms with Crippen molar-refractivity contribution < 1.29 is 13.9 Å². The van der Waals surface area contributed by atoms with Gasteiger partial charge in [0.05, 0.1) is 19.4 Å². The monoisotopic (exact) mass is 446 g/mol. The average Bonchev–Trinajstić information content (AvgIpc) is 3.37. The normalized spacial score (nSPS) is 11.0. The van der Waals surface area contributed by atoms with Crippen LogP contribution in [-0.4, -0.2) is 25.0 Å². The molecule has 1 amide bonds. The van der Waals surface area contributed by atoms with E-state index in [9.17, 15) is 4.79 Å². The first-order valence-electron chi connectivity index (χ1n) is 10.9. The Kier molecular flexibility index (Phi) is 9.15. The van der Waals surface area contributed by atoms with Gasteiger partial charge in [-0.1, -0.05) is 43.0 Å². The van der Waals surface area contributed by atoms with Crippen LogP contribution in [0.1, 0.15) is 34.2 Å². The van der Waals surface area contributed by atoms with E-state index in [4.69, 9.17) is 9.15 Å². The van der Waals surface area contributed by atoms with Gasteiger partial charge in [-0.05, 0) is 42.8 Å². The van der Waals surface area contributed by atoms with E-state index in [0.717, 1.165) is 23.4 Å². The first-order valence-corrected chi connectivity index (χ1v) is 10.9. The molecule has 0 saturated heterocycles. The summed E-state index contributed by atoms with van der Waals surface area (Å²) in [6.07, 6.45) is 3.31. The Morgan fingerprint density at radius 3 is 2.73 bits per heavy atom. The minimum Gasteiger partial charge on any atom is -0.489 e. The van der Waals surface area contributed by atoms with E-state index in [1.807, 2.05) is 55.5 Å². The predicted molar refractivity (Wildman–Crippen MR) is 130 cm³/mol. The highest BCUT2D eigenvalue weighted by Gasteiger charge is 2.08. The summed E-state index contributed by atoms with van der Waals surface area (Å²) >= 11 is 0. The van der Waals surface area contributed by atoms with Crippen molar-refractivity contribution in [1.29, 1.82) is 0 Å². The first-order chi connectivity index (χ1) is 16.2. The molecule has 0 aliphatic carbocycles. The van der Waals surface area contributed by atoms with E-state index in [1.165, 1.54) is 0 Å². The Balaban J connectivity index is 1.60. The lowest BCUT2D eigenvalue weighted by Crippen LogP contribution is -2.36. The van der Waals surface area contributed by atoms with Crippen LogP contribution in [0, 0.1) is 0 Å². The van der Waals surface area contributed by atoms with Crippen LogP contribution >= 0.6 is 0 Å². The van der Waals surface area contributed by atoms with Gasteiger partial charge in [-0.25, -0.2) is 4.99 Å². The number of hydrogen-bond acceptors (Lipinski definition) is 4. The van der Waals surface area contributed by atoms with Crippen LogP contribution in [-0.2, 0) is 19.6 Å². The Morgan fingerprint density at radius 1 is 1.06 bits per heavy atom. The van der Waals surface area contributed by atoms with E-state index in [0.29, 0.717) is 43.5 Å². The highest BCUT2D eigenvalue weighted by atomic mass is 16.5. The molecule has 172 valence electrons. The molecule has 33 heavy (non-hydrogen) atoms. The third-order valence-corrected chi connectivity index (χ3v) is 4.73. The third-order valence-electron chi connectivity index (χ3n) is 4.73. The first kappa shape index (κ1) is 23.7. The highest BCUT2D eigenvalue weighted by Crippen LogP contribution is 2.17. The molecule has 3 rings (SSSR count). The molecule has 0 aliphatic rings. The van der Waals surface area contributed by atoms with Crippen LogP contribution < -0.4 is 20.7 Å². The summed E-state index contributed by atoms with van der Waals surface area (Å²) in [5, 5.41) is 9.45. The molecule has 0 atom stereocenters. The lowest BCUT2D eigenvalue weighted by Gasteiger charge is -2.14. The maximum Gasteiger partial charge on any atom is 0.251 e. The molecule has 7 heteroatoms. The Hall–Kier alpha value is -4.00. The topological polar surface area (TPSA) is 87.9 Å². The van der Waals surface area contributed by atoms with Crippen LogP contribution in [0.25, 0.3) is 0 Å². The van der Waals surface area contributed by atoms with Crippen LogP contribution in [0.2, 0.25) is 0 Å². The summed E-state index contributed by atoms with van der Waals surface area (Å²) in [6.45, 7) is 8.25. The largest absolute Gasteiger partial charge is 0.489 e. The van der Waals surface area contributed by atoms with E-state index in [2.05, 4.69) is 27.5 Å². The number of nitrogens with one attached hydrogen (secondary N) is 3. The second kappa shape index (κ2) is 12.8. The van der Waals surface area contributed by atoms with Crippen molar-refractivity contribution in [3.05, 3.63) is 102 Å². The molecule has 0 spiro atoms. The summed E-state index contributed by atoms with van der Waals surface area (Å²) in [4.78, 5) is 17.1. The number of furan rings is 1. The predicted octanol–water partition coefficient (Wildman–Crippen LogP) is 4.03. The van der Waals surface area contributed by atoms with Crippen molar-refractivity contribution >= 4 is 11.9 Å². The minimum atomic E-state index is -0.154. The lowest BCUT2D eigenvalue weighted by molar-refractivity contribution is 0.0948. The van der Waals surface area contributed by atoms with Gasteiger partial charge < -0.3 is 25.1 Å². The zero-order valence-corrected chi connectivity index (χ0v) is 18.8. The maximum atomic E-state index is 12.5. The number of para-hydroxylation sites is 1. The average molecular weight is 447 g/mol. The van der Waals surface area contributed by atoms with Gasteiger partial charge in [0.2, 0.25) is 0 Å². The summed E-state index contributed by atoms with van der Waals surface area (Å²) in [6, 6.07) is 18.9. The summed E-state index contributed by atoms with van der Waals surface area (Å²) < 4.78 is 11.0. The summed E-state index contributed by atoms with van der Waals surface area (Å²) in [5.74, 6) is 2.05. The second-order valence-corrected chi connectivity index (χ2v) is 7.22. The molecular weight excluding hydrogens is 416 g/mol. The Labute approximate surface area is 194 Å². The molecule has 0 saturated carbocycles. The fourth-order valence-electron chi connectivity index (χ4n) is 3.12. The molecule has 0 bridgehead atoms. The van der Waals surface area contributed by atoms with E-state index in [-0.39, 0.29) is 5.91 Å². The molecule has 0 aliphatic heterocycles. The molecule has 0 fully saturated rings. The van der Waals surface area contributed by atoms with Crippen LogP contribution in [0.3, 0.4) is 0 Å². The fourth-order valence-corrected chi connectivity index (χ4v) is 3.12. The van der Waals surface area contributed by atoms with Gasteiger partial charge >= 0.3 is 0 Å². The second-order valence-electron chi connectivity index (χ2n) is 7.22. The third kappa shape index (κ3) is 7.57. The number of hydrogen-bond donors (Lipinski definition) is 3. The smallest absolute Gasteiger partial charge is 0.251 e. The molecule has 1 aromatic heterocycles.